The predicted molar refractivity (Wildman–Crippen MR) is 112 cm³/mol. The minimum atomic E-state index is 0.161. The van der Waals surface area contributed by atoms with Crippen molar-refractivity contribution < 1.29 is 4.79 Å². The molecule has 3 rings (SSSR count). The molecule has 142 valence electrons. The van der Waals surface area contributed by atoms with E-state index in [0.717, 1.165) is 32.5 Å². The maximum Gasteiger partial charge on any atom is 0.225 e. The van der Waals surface area contributed by atoms with Gasteiger partial charge >= 0.3 is 0 Å². The number of piperidine rings is 1. The Balaban J connectivity index is 1.47. The van der Waals surface area contributed by atoms with Crippen LogP contribution in [0.15, 0.2) is 66.2 Å². The minimum Gasteiger partial charge on any atom is -0.341 e. The molecule has 0 aromatic heterocycles. The van der Waals surface area contributed by atoms with Crippen LogP contribution >= 0.6 is 0 Å². The van der Waals surface area contributed by atoms with E-state index in [1.807, 2.05) is 36.2 Å². The first kappa shape index (κ1) is 19.4. The van der Waals surface area contributed by atoms with Crippen molar-refractivity contribution in [3.05, 3.63) is 77.4 Å². The van der Waals surface area contributed by atoms with Crippen molar-refractivity contribution in [2.75, 3.05) is 26.7 Å². The number of hydrogen-bond acceptors (Lipinski definition) is 2. The molecule has 2 aromatic rings. The molecular formula is C24H30N2O. The van der Waals surface area contributed by atoms with Crippen molar-refractivity contribution in [2.45, 2.75) is 26.3 Å². The van der Waals surface area contributed by atoms with Crippen LogP contribution in [0.2, 0.25) is 0 Å². The van der Waals surface area contributed by atoms with E-state index < -0.39 is 0 Å². The molecule has 3 nitrogen and oxygen atoms in total. The van der Waals surface area contributed by atoms with Crippen LogP contribution in [0.5, 0.6) is 0 Å². The van der Waals surface area contributed by atoms with Gasteiger partial charge in [-0.15, -0.1) is 0 Å². The largest absolute Gasteiger partial charge is 0.341 e. The number of benzene rings is 2. The first-order valence-electron chi connectivity index (χ1n) is 9.85. The summed E-state index contributed by atoms with van der Waals surface area (Å²) in [5, 5.41) is 0. The lowest BCUT2D eigenvalue weighted by Crippen LogP contribution is -2.41. The normalized spacial score (nSPS) is 16.3. The topological polar surface area (TPSA) is 23.6 Å². The maximum atomic E-state index is 12.8. The zero-order valence-corrected chi connectivity index (χ0v) is 16.5. The smallest absolute Gasteiger partial charge is 0.225 e. The summed E-state index contributed by atoms with van der Waals surface area (Å²) in [6, 6.07) is 20.7. The molecule has 2 aromatic carbocycles. The Morgan fingerprint density at radius 3 is 2.26 bits per heavy atom. The summed E-state index contributed by atoms with van der Waals surface area (Å²) < 4.78 is 0. The molecule has 1 aliphatic heterocycles. The fraction of sp³-hybridized carbons (Fsp3) is 0.375. The fourth-order valence-electron chi connectivity index (χ4n) is 3.82. The van der Waals surface area contributed by atoms with Crippen molar-refractivity contribution in [2.24, 2.45) is 5.92 Å². The first-order chi connectivity index (χ1) is 13.1. The monoisotopic (exact) mass is 362 g/mol. The van der Waals surface area contributed by atoms with Crippen LogP contribution in [0.1, 0.15) is 30.9 Å². The second kappa shape index (κ2) is 9.52. The molecule has 27 heavy (non-hydrogen) atoms. The molecule has 3 heteroatoms. The molecule has 0 N–H and O–H groups in total. The lowest BCUT2D eigenvalue weighted by atomic mass is 9.95. The lowest BCUT2D eigenvalue weighted by Gasteiger charge is -2.33. The van der Waals surface area contributed by atoms with Crippen molar-refractivity contribution in [3.63, 3.8) is 0 Å². The molecule has 1 fully saturated rings. The molecule has 0 radical (unpaired) electrons. The highest BCUT2D eigenvalue weighted by Gasteiger charge is 2.27. The number of amides is 1. The minimum absolute atomic E-state index is 0.161. The summed E-state index contributed by atoms with van der Waals surface area (Å²) >= 11 is 0. The van der Waals surface area contributed by atoms with Gasteiger partial charge in [-0.3, -0.25) is 9.69 Å². The molecule has 0 atom stereocenters. The van der Waals surface area contributed by atoms with Crippen LogP contribution in [0.25, 0.3) is 6.08 Å². The summed E-state index contributed by atoms with van der Waals surface area (Å²) in [4.78, 5) is 17.1. The van der Waals surface area contributed by atoms with E-state index in [-0.39, 0.29) is 11.8 Å². The van der Waals surface area contributed by atoms with Crippen LogP contribution in [-0.4, -0.2) is 42.4 Å². The van der Waals surface area contributed by atoms with E-state index in [1.165, 1.54) is 16.7 Å². The van der Waals surface area contributed by atoms with E-state index in [1.54, 1.807) is 0 Å². The zero-order chi connectivity index (χ0) is 19.1. The number of likely N-dealkylation sites (tertiary alicyclic amines) is 1. The van der Waals surface area contributed by atoms with Crippen LogP contribution in [0, 0.1) is 5.92 Å². The van der Waals surface area contributed by atoms with E-state index in [0.29, 0.717) is 6.54 Å². The maximum absolute atomic E-state index is 12.8. The van der Waals surface area contributed by atoms with E-state index in [2.05, 4.69) is 54.3 Å². The molecular weight excluding hydrogens is 332 g/mol. The average molecular weight is 363 g/mol. The van der Waals surface area contributed by atoms with E-state index in [9.17, 15) is 4.79 Å². The Bertz CT molecular complexity index is 746. The first-order valence-corrected chi connectivity index (χ1v) is 9.85. The molecule has 0 bridgehead atoms. The fourth-order valence-corrected chi connectivity index (χ4v) is 3.82. The molecule has 0 aliphatic carbocycles. The second-order valence-electron chi connectivity index (χ2n) is 7.63. The lowest BCUT2D eigenvalue weighted by molar-refractivity contribution is -0.136. The van der Waals surface area contributed by atoms with Gasteiger partial charge < -0.3 is 4.90 Å². The van der Waals surface area contributed by atoms with E-state index >= 15 is 0 Å². The quantitative estimate of drug-likeness (QED) is 0.757. The SMILES string of the molecule is CC(=Cc1ccccc1)CN1CCC(C(=O)N(C)Cc2ccccc2)CC1. The molecule has 0 spiro atoms. The molecule has 1 heterocycles. The Morgan fingerprint density at radius 1 is 1.04 bits per heavy atom. The van der Waals surface area contributed by atoms with Crippen LogP contribution in [0.4, 0.5) is 0 Å². The highest BCUT2D eigenvalue weighted by atomic mass is 16.2. The second-order valence-corrected chi connectivity index (χ2v) is 7.63. The Kier molecular flexibility index (Phi) is 6.83. The highest BCUT2D eigenvalue weighted by molar-refractivity contribution is 5.78. The third-order valence-electron chi connectivity index (χ3n) is 5.26. The van der Waals surface area contributed by atoms with Crippen LogP contribution in [0.3, 0.4) is 0 Å². The standard InChI is InChI=1S/C24H30N2O/c1-20(17-21-9-5-3-6-10-21)18-26-15-13-23(14-16-26)24(27)25(2)19-22-11-7-4-8-12-22/h3-12,17,23H,13-16,18-19H2,1-2H3. The van der Waals surface area contributed by atoms with Crippen molar-refractivity contribution in [1.29, 1.82) is 0 Å². The van der Waals surface area contributed by atoms with Crippen LogP contribution in [-0.2, 0) is 11.3 Å². The van der Waals surface area contributed by atoms with Gasteiger partial charge in [0.1, 0.15) is 0 Å². The predicted octanol–water partition coefficient (Wildman–Crippen LogP) is 4.46. The zero-order valence-electron chi connectivity index (χ0n) is 16.5. The Hall–Kier alpha value is -2.39. The molecule has 0 saturated carbocycles. The summed E-state index contributed by atoms with van der Waals surface area (Å²) in [6.07, 6.45) is 4.16. The van der Waals surface area contributed by atoms with Gasteiger partial charge in [-0.1, -0.05) is 72.3 Å². The summed E-state index contributed by atoms with van der Waals surface area (Å²) in [5.74, 6) is 0.448. The Morgan fingerprint density at radius 2 is 1.63 bits per heavy atom. The van der Waals surface area contributed by atoms with Crippen molar-refractivity contribution in [1.82, 2.24) is 9.80 Å². The van der Waals surface area contributed by atoms with Crippen molar-refractivity contribution in [3.8, 4) is 0 Å². The summed E-state index contributed by atoms with van der Waals surface area (Å²) in [6.45, 7) is 5.86. The molecule has 1 saturated heterocycles. The average Bonchev–Trinajstić information content (AvgIpc) is 2.69. The van der Waals surface area contributed by atoms with Crippen molar-refractivity contribution >= 4 is 12.0 Å². The van der Waals surface area contributed by atoms with Gasteiger partial charge in [0, 0.05) is 26.1 Å². The molecule has 1 aliphatic rings. The van der Waals surface area contributed by atoms with Gasteiger partial charge in [-0.05, 0) is 44.0 Å². The number of carbonyl (C=O) groups is 1. The molecule has 1 amide bonds. The van der Waals surface area contributed by atoms with Gasteiger partial charge in [0.25, 0.3) is 0 Å². The third kappa shape index (κ3) is 5.80. The number of hydrogen-bond donors (Lipinski definition) is 0. The summed E-state index contributed by atoms with van der Waals surface area (Å²) in [7, 11) is 1.93. The Labute approximate surface area is 163 Å². The van der Waals surface area contributed by atoms with Gasteiger partial charge in [-0.25, -0.2) is 0 Å². The number of nitrogens with zero attached hydrogens (tertiary/aromatic N) is 2. The molecule has 0 unspecified atom stereocenters. The summed E-state index contributed by atoms with van der Waals surface area (Å²) in [5.41, 5.74) is 3.81. The van der Waals surface area contributed by atoms with Gasteiger partial charge in [0.05, 0.1) is 0 Å². The third-order valence-corrected chi connectivity index (χ3v) is 5.26. The van der Waals surface area contributed by atoms with Gasteiger partial charge in [0.2, 0.25) is 5.91 Å². The highest BCUT2D eigenvalue weighted by Crippen LogP contribution is 2.21. The van der Waals surface area contributed by atoms with Gasteiger partial charge in [0.15, 0.2) is 0 Å². The van der Waals surface area contributed by atoms with Gasteiger partial charge in [-0.2, -0.15) is 0 Å². The van der Waals surface area contributed by atoms with Crippen LogP contribution < -0.4 is 0 Å². The number of rotatable bonds is 6. The number of carbonyl (C=O) groups excluding carboxylic acids is 1. The van der Waals surface area contributed by atoms with E-state index in [4.69, 9.17) is 0 Å².